The maximum atomic E-state index is 12.7. The minimum atomic E-state index is -1.13. The van der Waals surface area contributed by atoms with Crippen LogP contribution in [0, 0.1) is 16.7 Å². The first-order valence-electron chi connectivity index (χ1n) is 6.59. The minimum Gasteiger partial charge on any atom is -0.295 e. The Morgan fingerprint density at radius 2 is 2.18 bits per heavy atom. The lowest BCUT2D eigenvalue weighted by Gasteiger charge is -2.23. The molecule has 0 aliphatic carbocycles. The van der Waals surface area contributed by atoms with E-state index < -0.39 is 11.5 Å². The number of ketones is 1. The van der Waals surface area contributed by atoms with E-state index in [1.54, 1.807) is 32.0 Å². The molecular weight excluding hydrogens is 323 g/mol. The quantitative estimate of drug-likeness (QED) is 0.837. The zero-order chi connectivity index (χ0) is 16.3. The highest BCUT2D eigenvalue weighted by atomic mass is 35.5. The van der Waals surface area contributed by atoms with Crippen molar-refractivity contribution < 1.29 is 4.79 Å². The first-order chi connectivity index (χ1) is 10.3. The van der Waals surface area contributed by atoms with E-state index in [1.165, 1.54) is 17.3 Å². The fraction of sp³-hybridized carbons (Fsp3) is 0.333. The molecule has 0 spiro atoms. The summed E-state index contributed by atoms with van der Waals surface area (Å²) >= 11 is 12.1. The summed E-state index contributed by atoms with van der Waals surface area (Å²) in [5.74, 6) is -0.244. The van der Waals surface area contributed by atoms with Crippen molar-refractivity contribution in [3.05, 3.63) is 46.5 Å². The molecule has 2 aromatic rings. The van der Waals surface area contributed by atoms with Crippen LogP contribution >= 0.6 is 23.2 Å². The van der Waals surface area contributed by atoms with Crippen LogP contribution in [0.5, 0.6) is 0 Å². The zero-order valence-electron chi connectivity index (χ0n) is 12.1. The molecule has 0 amide bonds. The Morgan fingerprint density at radius 3 is 2.73 bits per heavy atom. The molecule has 114 valence electrons. The molecule has 7 heteroatoms. The van der Waals surface area contributed by atoms with Crippen LogP contribution in [0.2, 0.25) is 10.0 Å². The monoisotopic (exact) mass is 336 g/mol. The van der Waals surface area contributed by atoms with Crippen molar-refractivity contribution in [1.82, 2.24) is 14.8 Å². The molecular formula is C15H14Cl2N4O. The van der Waals surface area contributed by atoms with E-state index in [2.05, 4.69) is 10.1 Å². The van der Waals surface area contributed by atoms with Gasteiger partial charge >= 0.3 is 0 Å². The Kier molecular flexibility index (Phi) is 4.84. The number of rotatable bonds is 5. The first-order valence-corrected chi connectivity index (χ1v) is 7.34. The molecule has 2 rings (SSSR count). The van der Waals surface area contributed by atoms with Crippen molar-refractivity contribution >= 4 is 29.0 Å². The molecule has 0 N–H and O–H groups in total. The molecule has 0 bridgehead atoms. The number of halogens is 2. The molecule has 1 aromatic heterocycles. The van der Waals surface area contributed by atoms with E-state index in [0.717, 1.165) is 5.56 Å². The van der Waals surface area contributed by atoms with Crippen molar-refractivity contribution in [2.24, 2.45) is 5.41 Å². The predicted molar refractivity (Wildman–Crippen MR) is 83.6 cm³/mol. The van der Waals surface area contributed by atoms with Crippen LogP contribution in [0.4, 0.5) is 0 Å². The van der Waals surface area contributed by atoms with E-state index >= 15 is 0 Å². The van der Waals surface area contributed by atoms with Crippen LogP contribution in [0.3, 0.4) is 0 Å². The van der Waals surface area contributed by atoms with Gasteiger partial charge in [-0.05, 0) is 31.5 Å². The van der Waals surface area contributed by atoms with Gasteiger partial charge in [0.05, 0.1) is 6.07 Å². The van der Waals surface area contributed by atoms with E-state index in [4.69, 9.17) is 23.2 Å². The fourth-order valence-electron chi connectivity index (χ4n) is 2.05. The lowest BCUT2D eigenvalue weighted by Crippen LogP contribution is -2.33. The lowest BCUT2D eigenvalue weighted by molar-refractivity contribution is -0.128. The number of Topliss-reactive ketones (excluding diaryl/α,β-unsaturated/α-hetero) is 1. The van der Waals surface area contributed by atoms with Gasteiger partial charge in [0.2, 0.25) is 0 Å². The summed E-state index contributed by atoms with van der Waals surface area (Å²) in [4.78, 5) is 16.6. The van der Waals surface area contributed by atoms with Gasteiger partial charge in [0.1, 0.15) is 24.1 Å². The third-order valence-corrected chi connectivity index (χ3v) is 3.97. The van der Waals surface area contributed by atoms with Crippen LogP contribution in [0.1, 0.15) is 25.5 Å². The summed E-state index contributed by atoms with van der Waals surface area (Å²) in [6, 6.07) is 6.47. The SMILES string of the molecule is CC(C)(C#N)C(=O)C(Cc1ccc(Cl)cc1Cl)n1cncn1. The van der Waals surface area contributed by atoms with Gasteiger partial charge in [-0.1, -0.05) is 29.3 Å². The Bertz CT molecular complexity index is 720. The van der Waals surface area contributed by atoms with E-state index in [-0.39, 0.29) is 5.78 Å². The number of hydrogen-bond acceptors (Lipinski definition) is 4. The normalized spacial score (nSPS) is 12.7. The average molecular weight is 337 g/mol. The zero-order valence-corrected chi connectivity index (χ0v) is 13.6. The van der Waals surface area contributed by atoms with Gasteiger partial charge in [0.15, 0.2) is 5.78 Å². The van der Waals surface area contributed by atoms with Crippen LogP contribution in [-0.4, -0.2) is 20.5 Å². The fourth-order valence-corrected chi connectivity index (χ4v) is 2.54. The smallest absolute Gasteiger partial charge is 0.177 e. The first kappa shape index (κ1) is 16.5. The highest BCUT2D eigenvalue weighted by Gasteiger charge is 2.35. The summed E-state index contributed by atoms with van der Waals surface area (Å²) in [7, 11) is 0. The summed E-state index contributed by atoms with van der Waals surface area (Å²) in [6.07, 6.45) is 3.12. The number of hydrogen-bond donors (Lipinski definition) is 0. The van der Waals surface area contributed by atoms with E-state index in [1.807, 2.05) is 6.07 Å². The minimum absolute atomic E-state index is 0.244. The van der Waals surface area contributed by atoms with Crippen LogP contribution in [-0.2, 0) is 11.2 Å². The molecule has 0 radical (unpaired) electrons. The molecule has 1 heterocycles. The molecule has 1 unspecified atom stereocenters. The number of carbonyl (C=O) groups excluding carboxylic acids is 1. The second-order valence-corrected chi connectivity index (χ2v) is 6.28. The molecule has 1 atom stereocenters. The molecule has 5 nitrogen and oxygen atoms in total. The van der Waals surface area contributed by atoms with Gasteiger partial charge < -0.3 is 0 Å². The number of benzene rings is 1. The van der Waals surface area contributed by atoms with Gasteiger partial charge in [0.25, 0.3) is 0 Å². The highest BCUT2D eigenvalue weighted by Crippen LogP contribution is 2.29. The van der Waals surface area contributed by atoms with Crippen LogP contribution in [0.15, 0.2) is 30.9 Å². The van der Waals surface area contributed by atoms with E-state index in [0.29, 0.717) is 16.5 Å². The molecule has 0 aliphatic rings. The largest absolute Gasteiger partial charge is 0.295 e. The number of carbonyl (C=O) groups is 1. The van der Waals surface area contributed by atoms with Gasteiger partial charge in [-0.3, -0.25) is 4.79 Å². The summed E-state index contributed by atoms with van der Waals surface area (Å²) in [5.41, 5.74) is -0.371. The average Bonchev–Trinajstić information content (AvgIpc) is 3.00. The van der Waals surface area contributed by atoms with Crippen molar-refractivity contribution in [3.8, 4) is 6.07 Å². The molecule has 0 fully saturated rings. The van der Waals surface area contributed by atoms with Gasteiger partial charge in [-0.25, -0.2) is 9.67 Å². The Hall–Kier alpha value is -1.90. The van der Waals surface area contributed by atoms with Crippen molar-refractivity contribution in [2.45, 2.75) is 26.3 Å². The Labute approximate surface area is 138 Å². The number of aromatic nitrogens is 3. The van der Waals surface area contributed by atoms with Crippen molar-refractivity contribution in [3.63, 3.8) is 0 Å². The third-order valence-electron chi connectivity index (χ3n) is 3.38. The lowest BCUT2D eigenvalue weighted by atomic mass is 9.84. The van der Waals surface area contributed by atoms with Crippen LogP contribution < -0.4 is 0 Å². The van der Waals surface area contributed by atoms with Gasteiger partial charge in [-0.15, -0.1) is 0 Å². The topological polar surface area (TPSA) is 71.6 Å². The van der Waals surface area contributed by atoms with Crippen molar-refractivity contribution in [1.29, 1.82) is 5.26 Å². The van der Waals surface area contributed by atoms with E-state index in [9.17, 15) is 10.1 Å². The summed E-state index contributed by atoms with van der Waals surface area (Å²) in [5, 5.41) is 14.2. The van der Waals surface area contributed by atoms with Gasteiger partial charge in [-0.2, -0.15) is 10.4 Å². The molecule has 0 aliphatic heterocycles. The predicted octanol–water partition coefficient (Wildman–Crippen LogP) is 3.49. The maximum Gasteiger partial charge on any atom is 0.177 e. The second kappa shape index (κ2) is 6.47. The summed E-state index contributed by atoms with van der Waals surface area (Å²) < 4.78 is 1.45. The molecule has 0 saturated heterocycles. The molecule has 22 heavy (non-hydrogen) atoms. The Balaban J connectivity index is 2.38. The standard InChI is InChI=1S/C15H14Cl2N4O/c1-15(2,7-18)14(22)13(21-9-19-8-20-21)5-10-3-4-11(16)6-12(10)17/h3-4,6,8-9,13H,5H2,1-2H3. The van der Waals surface area contributed by atoms with Crippen molar-refractivity contribution in [2.75, 3.05) is 0 Å². The van der Waals surface area contributed by atoms with Crippen LogP contribution in [0.25, 0.3) is 0 Å². The number of nitriles is 1. The van der Waals surface area contributed by atoms with Gasteiger partial charge in [0, 0.05) is 16.5 Å². The molecule has 0 saturated carbocycles. The highest BCUT2D eigenvalue weighted by molar-refractivity contribution is 6.35. The third kappa shape index (κ3) is 3.46. The second-order valence-electron chi connectivity index (χ2n) is 5.43. The maximum absolute atomic E-state index is 12.7. The molecule has 1 aromatic carbocycles. The number of nitrogens with zero attached hydrogens (tertiary/aromatic N) is 4. The summed E-state index contributed by atoms with van der Waals surface area (Å²) in [6.45, 7) is 3.17. The Morgan fingerprint density at radius 1 is 1.45 bits per heavy atom.